The predicted molar refractivity (Wildman–Crippen MR) is 70.4 cm³/mol. The fourth-order valence-corrected chi connectivity index (χ4v) is 2.30. The maximum atomic E-state index is 13.3. The monoisotopic (exact) mass is 272 g/mol. The number of hydrogen-bond acceptors (Lipinski definition) is 4. The lowest BCUT2D eigenvalue weighted by molar-refractivity contribution is 0.296. The van der Waals surface area contributed by atoms with Crippen molar-refractivity contribution >= 4 is 17.4 Å². The van der Waals surface area contributed by atoms with Gasteiger partial charge in [-0.3, -0.25) is 0 Å². The van der Waals surface area contributed by atoms with Crippen LogP contribution in [0.25, 0.3) is 0 Å². The SMILES string of the molecule is Fc1cnc(Cl)nc1NCCN1CCCCCC1. The van der Waals surface area contributed by atoms with Crippen LogP contribution in [0.15, 0.2) is 6.20 Å². The summed E-state index contributed by atoms with van der Waals surface area (Å²) < 4.78 is 13.3. The number of hydrogen-bond donors (Lipinski definition) is 1. The molecule has 1 N–H and O–H groups in total. The third-order valence-corrected chi connectivity index (χ3v) is 3.32. The first kappa shape index (κ1) is 13.5. The minimum Gasteiger partial charge on any atom is -0.366 e. The van der Waals surface area contributed by atoms with Gasteiger partial charge in [0.05, 0.1) is 6.20 Å². The highest BCUT2D eigenvalue weighted by atomic mass is 35.5. The molecule has 1 aliphatic heterocycles. The molecule has 0 amide bonds. The topological polar surface area (TPSA) is 41.1 Å². The summed E-state index contributed by atoms with van der Waals surface area (Å²) in [7, 11) is 0. The van der Waals surface area contributed by atoms with Crippen LogP contribution in [0.2, 0.25) is 5.28 Å². The van der Waals surface area contributed by atoms with E-state index in [2.05, 4.69) is 20.2 Å². The molecule has 4 nitrogen and oxygen atoms in total. The molecule has 2 heterocycles. The van der Waals surface area contributed by atoms with Gasteiger partial charge in [-0.15, -0.1) is 0 Å². The minimum atomic E-state index is -0.463. The van der Waals surface area contributed by atoms with Gasteiger partial charge in [0, 0.05) is 13.1 Å². The van der Waals surface area contributed by atoms with Gasteiger partial charge in [-0.25, -0.2) is 9.37 Å². The van der Waals surface area contributed by atoms with E-state index in [4.69, 9.17) is 11.6 Å². The molecule has 0 saturated carbocycles. The molecule has 2 rings (SSSR count). The molecular weight excluding hydrogens is 255 g/mol. The Balaban J connectivity index is 1.78. The van der Waals surface area contributed by atoms with Gasteiger partial charge < -0.3 is 10.2 Å². The van der Waals surface area contributed by atoms with Crippen molar-refractivity contribution in [2.75, 3.05) is 31.5 Å². The fourth-order valence-electron chi connectivity index (χ4n) is 2.16. The van der Waals surface area contributed by atoms with E-state index in [1.165, 1.54) is 25.7 Å². The Labute approximate surface area is 112 Å². The Morgan fingerprint density at radius 2 is 2.00 bits per heavy atom. The van der Waals surface area contributed by atoms with E-state index in [0.29, 0.717) is 6.54 Å². The van der Waals surface area contributed by atoms with Crippen molar-refractivity contribution in [3.8, 4) is 0 Å². The molecule has 100 valence electrons. The highest BCUT2D eigenvalue weighted by molar-refractivity contribution is 6.28. The van der Waals surface area contributed by atoms with Crippen LogP contribution >= 0.6 is 11.6 Å². The first-order chi connectivity index (χ1) is 8.75. The third kappa shape index (κ3) is 4.07. The van der Waals surface area contributed by atoms with Crippen LogP contribution in [-0.2, 0) is 0 Å². The summed E-state index contributed by atoms with van der Waals surface area (Å²) in [6.07, 6.45) is 6.24. The lowest BCUT2D eigenvalue weighted by Crippen LogP contribution is -2.30. The number of anilines is 1. The average molecular weight is 273 g/mol. The second kappa shape index (κ2) is 6.85. The largest absolute Gasteiger partial charge is 0.366 e. The maximum Gasteiger partial charge on any atom is 0.224 e. The van der Waals surface area contributed by atoms with Crippen LogP contribution in [0.5, 0.6) is 0 Å². The molecule has 0 atom stereocenters. The molecule has 0 aromatic carbocycles. The Bertz CT molecular complexity index is 380. The zero-order valence-corrected chi connectivity index (χ0v) is 11.1. The van der Waals surface area contributed by atoms with Crippen molar-refractivity contribution in [2.24, 2.45) is 0 Å². The lowest BCUT2D eigenvalue weighted by atomic mass is 10.2. The third-order valence-electron chi connectivity index (χ3n) is 3.13. The summed E-state index contributed by atoms with van der Waals surface area (Å²) in [4.78, 5) is 9.81. The van der Waals surface area contributed by atoms with Crippen molar-refractivity contribution in [3.63, 3.8) is 0 Å². The van der Waals surface area contributed by atoms with Gasteiger partial charge in [0.25, 0.3) is 0 Å². The molecule has 18 heavy (non-hydrogen) atoms. The van der Waals surface area contributed by atoms with Gasteiger partial charge in [0.15, 0.2) is 11.6 Å². The van der Waals surface area contributed by atoms with E-state index < -0.39 is 5.82 Å². The van der Waals surface area contributed by atoms with Gasteiger partial charge in [-0.05, 0) is 37.5 Å². The second-order valence-corrected chi connectivity index (χ2v) is 4.86. The Hall–Kier alpha value is -0.940. The van der Waals surface area contributed by atoms with E-state index in [9.17, 15) is 4.39 Å². The number of aromatic nitrogens is 2. The molecular formula is C12H18ClFN4. The molecule has 0 aliphatic carbocycles. The average Bonchev–Trinajstić information content (AvgIpc) is 2.62. The minimum absolute atomic E-state index is 0.0636. The molecule has 0 bridgehead atoms. The quantitative estimate of drug-likeness (QED) is 0.856. The molecule has 1 fully saturated rings. The first-order valence-corrected chi connectivity index (χ1v) is 6.78. The van der Waals surface area contributed by atoms with Gasteiger partial charge in [0.1, 0.15) is 0 Å². The van der Waals surface area contributed by atoms with Crippen molar-refractivity contribution < 1.29 is 4.39 Å². The maximum absolute atomic E-state index is 13.3. The molecule has 0 spiro atoms. The molecule has 6 heteroatoms. The van der Waals surface area contributed by atoms with Gasteiger partial charge in [-0.2, -0.15) is 4.98 Å². The summed E-state index contributed by atoms with van der Waals surface area (Å²) in [5, 5.41) is 3.03. The number of likely N-dealkylation sites (tertiary alicyclic amines) is 1. The normalized spacial score (nSPS) is 17.4. The predicted octanol–water partition coefficient (Wildman–Crippen LogP) is 2.56. The zero-order chi connectivity index (χ0) is 12.8. The van der Waals surface area contributed by atoms with Crippen molar-refractivity contribution in [1.82, 2.24) is 14.9 Å². The van der Waals surface area contributed by atoms with Gasteiger partial charge in [0.2, 0.25) is 5.28 Å². The molecule has 1 aliphatic rings. The van der Waals surface area contributed by atoms with E-state index >= 15 is 0 Å². The first-order valence-electron chi connectivity index (χ1n) is 6.40. The summed E-state index contributed by atoms with van der Waals surface area (Å²) >= 11 is 5.63. The molecule has 1 aromatic rings. The van der Waals surface area contributed by atoms with Crippen LogP contribution in [0.1, 0.15) is 25.7 Å². The van der Waals surface area contributed by atoms with E-state index in [1.54, 1.807) is 0 Å². The van der Waals surface area contributed by atoms with Crippen molar-refractivity contribution in [3.05, 3.63) is 17.3 Å². The number of rotatable bonds is 4. The number of halogens is 2. The smallest absolute Gasteiger partial charge is 0.224 e. The summed E-state index contributed by atoms with van der Waals surface area (Å²) in [6.45, 7) is 3.84. The zero-order valence-electron chi connectivity index (χ0n) is 10.3. The lowest BCUT2D eigenvalue weighted by Gasteiger charge is -2.19. The van der Waals surface area contributed by atoms with E-state index in [0.717, 1.165) is 25.8 Å². The van der Waals surface area contributed by atoms with E-state index in [-0.39, 0.29) is 11.1 Å². The highest BCUT2D eigenvalue weighted by Gasteiger charge is 2.09. The van der Waals surface area contributed by atoms with Crippen LogP contribution in [0.4, 0.5) is 10.2 Å². The summed E-state index contributed by atoms with van der Waals surface area (Å²) in [6, 6.07) is 0. The van der Waals surface area contributed by atoms with Gasteiger partial charge in [-0.1, -0.05) is 12.8 Å². The number of nitrogens with one attached hydrogen (secondary N) is 1. The highest BCUT2D eigenvalue weighted by Crippen LogP contribution is 2.12. The van der Waals surface area contributed by atoms with Crippen LogP contribution < -0.4 is 5.32 Å². The number of nitrogens with zero attached hydrogens (tertiary/aromatic N) is 3. The Morgan fingerprint density at radius 3 is 2.72 bits per heavy atom. The molecule has 0 radical (unpaired) electrons. The summed E-state index contributed by atoms with van der Waals surface area (Å²) in [5.74, 6) is -0.278. The van der Waals surface area contributed by atoms with Gasteiger partial charge >= 0.3 is 0 Å². The molecule has 1 aromatic heterocycles. The standard InChI is InChI=1S/C12H18ClFN4/c13-12-16-9-10(14)11(17-12)15-5-8-18-6-3-1-2-4-7-18/h9H,1-8H2,(H,15,16,17). The van der Waals surface area contributed by atoms with Crippen molar-refractivity contribution in [1.29, 1.82) is 0 Å². The molecule has 0 unspecified atom stereocenters. The van der Waals surface area contributed by atoms with Crippen LogP contribution in [0, 0.1) is 5.82 Å². The Kier molecular flexibility index (Phi) is 5.13. The fraction of sp³-hybridized carbons (Fsp3) is 0.667. The van der Waals surface area contributed by atoms with Crippen LogP contribution in [-0.4, -0.2) is 41.0 Å². The molecule has 1 saturated heterocycles. The second-order valence-electron chi connectivity index (χ2n) is 4.52. The van der Waals surface area contributed by atoms with E-state index in [1.807, 2.05) is 0 Å². The van der Waals surface area contributed by atoms with Crippen LogP contribution in [0.3, 0.4) is 0 Å². The Morgan fingerprint density at radius 1 is 1.28 bits per heavy atom. The van der Waals surface area contributed by atoms with Crippen molar-refractivity contribution in [2.45, 2.75) is 25.7 Å². The summed E-state index contributed by atoms with van der Waals surface area (Å²) in [5.41, 5.74) is 0.